The number of carbonyl (C=O) groups is 1. The van der Waals surface area contributed by atoms with Crippen LogP contribution in [0, 0.1) is 0 Å². The van der Waals surface area contributed by atoms with Crippen molar-refractivity contribution in [1.29, 1.82) is 0 Å². The second-order valence-corrected chi connectivity index (χ2v) is 6.03. The topological polar surface area (TPSA) is 68.9 Å². The zero-order valence-corrected chi connectivity index (χ0v) is 12.9. The van der Waals surface area contributed by atoms with Gasteiger partial charge < -0.3 is 5.73 Å². The van der Waals surface area contributed by atoms with E-state index >= 15 is 0 Å². The maximum Gasteiger partial charge on any atom is 0.144 e. The lowest BCUT2D eigenvalue weighted by Crippen LogP contribution is -2.18. The van der Waals surface area contributed by atoms with E-state index in [-0.39, 0.29) is 11.7 Å². The first-order valence-electron chi connectivity index (χ1n) is 7.23. The summed E-state index contributed by atoms with van der Waals surface area (Å²) in [4.78, 5) is 12.7. The number of ketones is 1. The maximum atomic E-state index is 12.7. The third kappa shape index (κ3) is 3.21. The van der Waals surface area contributed by atoms with Crippen LogP contribution < -0.4 is 5.73 Å². The molecule has 0 saturated carbocycles. The summed E-state index contributed by atoms with van der Waals surface area (Å²) in [6.45, 7) is 0.513. The predicted molar refractivity (Wildman–Crippen MR) is 89.0 cm³/mol. The van der Waals surface area contributed by atoms with Gasteiger partial charge in [-0.25, -0.2) is 0 Å². The number of nitrogens with zero attached hydrogens (tertiary/aromatic N) is 2. The van der Waals surface area contributed by atoms with Crippen molar-refractivity contribution in [3.05, 3.63) is 58.4 Å². The predicted octanol–water partition coefficient (Wildman–Crippen LogP) is 2.94. The summed E-state index contributed by atoms with van der Waals surface area (Å²) in [5.74, 6) is 0.104. The van der Waals surface area contributed by atoms with Gasteiger partial charge in [0.25, 0.3) is 0 Å². The summed E-state index contributed by atoms with van der Waals surface area (Å²) in [5, 5.41) is 13.0. The molecule has 3 aromatic rings. The van der Waals surface area contributed by atoms with Crippen molar-refractivity contribution in [1.82, 2.24) is 10.2 Å². The highest BCUT2D eigenvalue weighted by Crippen LogP contribution is 2.25. The number of rotatable bonds is 6. The first-order valence-corrected chi connectivity index (χ1v) is 8.17. The van der Waals surface area contributed by atoms with E-state index < -0.39 is 0 Å². The van der Waals surface area contributed by atoms with Crippen LogP contribution in [-0.2, 0) is 11.2 Å². The number of nitrogens with two attached hydrogens (primary N) is 1. The number of benzene rings is 1. The molecule has 1 aromatic carbocycles. The summed E-state index contributed by atoms with van der Waals surface area (Å²) >= 11 is 1.61. The fourth-order valence-corrected chi connectivity index (χ4v) is 3.34. The summed E-state index contributed by atoms with van der Waals surface area (Å²) in [6, 6.07) is 9.79. The van der Waals surface area contributed by atoms with Gasteiger partial charge in [-0.3, -0.25) is 4.79 Å². The van der Waals surface area contributed by atoms with E-state index in [2.05, 4.69) is 10.2 Å². The van der Waals surface area contributed by atoms with Crippen molar-refractivity contribution < 1.29 is 4.79 Å². The van der Waals surface area contributed by atoms with Gasteiger partial charge in [-0.05, 0) is 59.1 Å². The van der Waals surface area contributed by atoms with Crippen LogP contribution in [0.1, 0.15) is 23.5 Å². The fraction of sp³-hybridized carbons (Fsp3) is 0.235. The third-order valence-corrected chi connectivity index (χ3v) is 4.45. The molecule has 2 N–H and O–H groups in total. The van der Waals surface area contributed by atoms with Crippen LogP contribution in [-0.4, -0.2) is 22.5 Å². The molecule has 112 valence electrons. The van der Waals surface area contributed by atoms with Gasteiger partial charge in [0.2, 0.25) is 0 Å². The molecule has 0 aliphatic rings. The molecule has 0 spiro atoms. The molecular formula is C17H17N3OS. The molecule has 22 heavy (non-hydrogen) atoms. The lowest BCUT2D eigenvalue weighted by Gasteiger charge is -2.14. The Hall–Kier alpha value is -2.11. The van der Waals surface area contributed by atoms with Gasteiger partial charge in [0.15, 0.2) is 0 Å². The minimum Gasteiger partial charge on any atom is -0.330 e. The van der Waals surface area contributed by atoms with Crippen molar-refractivity contribution in [2.45, 2.75) is 18.8 Å². The van der Waals surface area contributed by atoms with E-state index in [1.54, 1.807) is 17.5 Å². The Kier molecular flexibility index (Phi) is 4.56. The first-order chi connectivity index (χ1) is 10.8. The Labute approximate surface area is 133 Å². The SMILES string of the molecule is NCCC(C(=O)Cc1ccc2nnccc2c1)c1ccsc1. The molecule has 0 fully saturated rings. The third-order valence-electron chi connectivity index (χ3n) is 3.75. The van der Waals surface area contributed by atoms with E-state index in [1.165, 1.54) is 0 Å². The van der Waals surface area contributed by atoms with E-state index in [0.717, 1.165) is 22.0 Å². The number of aromatic nitrogens is 2. The summed E-state index contributed by atoms with van der Waals surface area (Å²) < 4.78 is 0. The highest BCUT2D eigenvalue weighted by molar-refractivity contribution is 7.08. The Morgan fingerprint density at radius 2 is 2.18 bits per heavy atom. The van der Waals surface area contributed by atoms with Crippen LogP contribution in [0.2, 0.25) is 0 Å². The van der Waals surface area contributed by atoms with Crippen molar-refractivity contribution in [2.75, 3.05) is 6.54 Å². The Balaban J connectivity index is 1.81. The lowest BCUT2D eigenvalue weighted by atomic mass is 9.90. The zero-order chi connectivity index (χ0) is 15.4. The molecule has 0 radical (unpaired) electrons. The molecule has 0 amide bonds. The monoisotopic (exact) mass is 311 g/mol. The van der Waals surface area contributed by atoms with E-state index in [9.17, 15) is 4.79 Å². The van der Waals surface area contributed by atoms with Gasteiger partial charge in [-0.1, -0.05) is 6.07 Å². The van der Waals surface area contributed by atoms with Crippen molar-refractivity contribution >= 4 is 28.0 Å². The molecule has 0 aliphatic carbocycles. The summed E-state index contributed by atoms with van der Waals surface area (Å²) in [5.41, 5.74) is 8.60. The number of fused-ring (bicyclic) bond motifs is 1. The van der Waals surface area contributed by atoms with E-state index in [0.29, 0.717) is 19.4 Å². The number of carbonyl (C=O) groups excluding carboxylic acids is 1. The van der Waals surface area contributed by atoms with Crippen LogP contribution in [0.15, 0.2) is 47.3 Å². The first kappa shape index (κ1) is 14.8. The van der Waals surface area contributed by atoms with Crippen molar-refractivity contribution in [2.24, 2.45) is 5.73 Å². The van der Waals surface area contributed by atoms with Crippen LogP contribution in [0.4, 0.5) is 0 Å². The number of hydrogen-bond donors (Lipinski definition) is 1. The van der Waals surface area contributed by atoms with Gasteiger partial charge in [-0.2, -0.15) is 21.5 Å². The molecule has 0 aliphatic heterocycles. The van der Waals surface area contributed by atoms with Crippen LogP contribution in [0.5, 0.6) is 0 Å². The molecule has 2 heterocycles. The second kappa shape index (κ2) is 6.77. The molecule has 1 unspecified atom stereocenters. The molecule has 0 saturated heterocycles. The van der Waals surface area contributed by atoms with E-state index in [1.807, 2.05) is 41.1 Å². The average Bonchev–Trinajstić information content (AvgIpc) is 3.06. The molecule has 4 nitrogen and oxygen atoms in total. The fourth-order valence-electron chi connectivity index (χ4n) is 2.63. The van der Waals surface area contributed by atoms with Gasteiger partial charge >= 0.3 is 0 Å². The normalized spacial score (nSPS) is 12.4. The molecule has 3 rings (SSSR count). The van der Waals surface area contributed by atoms with E-state index in [4.69, 9.17) is 5.73 Å². The second-order valence-electron chi connectivity index (χ2n) is 5.25. The summed E-state index contributed by atoms with van der Waals surface area (Å²) in [6.07, 6.45) is 2.77. The van der Waals surface area contributed by atoms with Gasteiger partial charge in [0, 0.05) is 17.7 Å². The zero-order valence-electron chi connectivity index (χ0n) is 12.1. The minimum atomic E-state index is -0.109. The van der Waals surface area contributed by atoms with Gasteiger partial charge in [-0.15, -0.1) is 0 Å². The number of thiophene rings is 1. The minimum absolute atomic E-state index is 0.109. The van der Waals surface area contributed by atoms with Crippen LogP contribution in [0.25, 0.3) is 10.9 Å². The van der Waals surface area contributed by atoms with Crippen LogP contribution in [0.3, 0.4) is 0 Å². The quantitative estimate of drug-likeness (QED) is 0.760. The number of hydrogen-bond acceptors (Lipinski definition) is 5. The van der Waals surface area contributed by atoms with Gasteiger partial charge in [0.1, 0.15) is 5.78 Å². The highest BCUT2D eigenvalue weighted by atomic mass is 32.1. The maximum absolute atomic E-state index is 12.7. The molecule has 5 heteroatoms. The smallest absolute Gasteiger partial charge is 0.144 e. The molecule has 0 bridgehead atoms. The number of Topliss-reactive ketones (excluding diaryl/α,β-unsaturated/α-hetero) is 1. The Morgan fingerprint density at radius 3 is 2.95 bits per heavy atom. The van der Waals surface area contributed by atoms with Crippen LogP contribution >= 0.6 is 11.3 Å². The highest BCUT2D eigenvalue weighted by Gasteiger charge is 2.20. The van der Waals surface area contributed by atoms with Crippen molar-refractivity contribution in [3.8, 4) is 0 Å². The van der Waals surface area contributed by atoms with Crippen molar-refractivity contribution in [3.63, 3.8) is 0 Å². The molecular weight excluding hydrogens is 294 g/mol. The van der Waals surface area contributed by atoms with Gasteiger partial charge in [0.05, 0.1) is 11.7 Å². The summed E-state index contributed by atoms with van der Waals surface area (Å²) in [7, 11) is 0. The lowest BCUT2D eigenvalue weighted by molar-refractivity contribution is -0.120. The Morgan fingerprint density at radius 1 is 1.27 bits per heavy atom. The average molecular weight is 311 g/mol. The Bertz CT molecular complexity index is 770. The largest absolute Gasteiger partial charge is 0.330 e. The molecule has 2 aromatic heterocycles. The standard InChI is InChI=1S/C17H17N3OS/c18-6-3-15(14-5-8-22-11-14)17(21)10-12-1-2-16-13(9-12)4-7-19-20-16/h1-2,4-5,7-9,11,15H,3,6,10,18H2. The molecule has 1 atom stereocenters.